The SMILES string of the molecule is CC1CCN(C(C)c2cc(F)cc(F)c2)C1C(=O)O. The average Bonchev–Trinajstić information content (AvgIpc) is 2.68. The van der Waals surface area contributed by atoms with Crippen molar-refractivity contribution in [3.05, 3.63) is 35.4 Å². The molecule has 1 heterocycles. The lowest BCUT2D eigenvalue weighted by molar-refractivity contribution is -0.144. The van der Waals surface area contributed by atoms with E-state index in [2.05, 4.69) is 0 Å². The normalized spacial score (nSPS) is 25.5. The number of carboxylic acids is 1. The summed E-state index contributed by atoms with van der Waals surface area (Å²) in [5, 5.41) is 9.27. The van der Waals surface area contributed by atoms with Crippen LogP contribution >= 0.6 is 0 Å². The van der Waals surface area contributed by atoms with Crippen LogP contribution in [0.15, 0.2) is 18.2 Å². The first-order valence-electron chi connectivity index (χ1n) is 6.34. The highest BCUT2D eigenvalue weighted by atomic mass is 19.1. The van der Waals surface area contributed by atoms with Crippen molar-refractivity contribution in [1.29, 1.82) is 0 Å². The Bertz CT molecular complexity index is 472. The number of carboxylic acid groups (broad SMARTS) is 1. The lowest BCUT2D eigenvalue weighted by atomic mass is 10.0. The van der Waals surface area contributed by atoms with E-state index < -0.39 is 23.6 Å². The van der Waals surface area contributed by atoms with Crippen LogP contribution in [0.3, 0.4) is 0 Å². The van der Waals surface area contributed by atoms with E-state index >= 15 is 0 Å². The van der Waals surface area contributed by atoms with Crippen LogP contribution < -0.4 is 0 Å². The molecule has 0 bridgehead atoms. The number of aliphatic carboxylic acids is 1. The third-order valence-corrected chi connectivity index (χ3v) is 3.86. The van der Waals surface area contributed by atoms with Gasteiger partial charge in [0.15, 0.2) is 0 Å². The zero-order chi connectivity index (χ0) is 14.2. The predicted octanol–water partition coefficient (Wildman–Crippen LogP) is 2.82. The zero-order valence-electron chi connectivity index (χ0n) is 10.9. The van der Waals surface area contributed by atoms with E-state index in [1.807, 2.05) is 6.92 Å². The lowest BCUT2D eigenvalue weighted by Gasteiger charge is -2.29. The minimum atomic E-state index is -0.881. The molecule has 0 spiro atoms. The summed E-state index contributed by atoms with van der Waals surface area (Å²) < 4.78 is 26.5. The summed E-state index contributed by atoms with van der Waals surface area (Å²) in [7, 11) is 0. The van der Waals surface area contributed by atoms with E-state index in [1.165, 1.54) is 12.1 Å². The van der Waals surface area contributed by atoms with Crippen LogP contribution in [0, 0.1) is 17.6 Å². The Morgan fingerprint density at radius 1 is 1.37 bits per heavy atom. The molecule has 0 radical (unpaired) electrons. The molecule has 3 unspecified atom stereocenters. The maximum absolute atomic E-state index is 13.2. The van der Waals surface area contributed by atoms with Gasteiger partial charge >= 0.3 is 5.97 Å². The summed E-state index contributed by atoms with van der Waals surface area (Å²) >= 11 is 0. The molecule has 0 saturated carbocycles. The number of rotatable bonds is 3. The maximum Gasteiger partial charge on any atom is 0.321 e. The van der Waals surface area contributed by atoms with Crippen LogP contribution in [0.2, 0.25) is 0 Å². The van der Waals surface area contributed by atoms with Crippen molar-refractivity contribution < 1.29 is 18.7 Å². The van der Waals surface area contributed by atoms with Crippen LogP contribution in [0.5, 0.6) is 0 Å². The van der Waals surface area contributed by atoms with Crippen molar-refractivity contribution in [1.82, 2.24) is 4.90 Å². The summed E-state index contributed by atoms with van der Waals surface area (Å²) in [6.07, 6.45) is 0.777. The summed E-state index contributed by atoms with van der Waals surface area (Å²) in [5.74, 6) is -2.12. The number of hydrogen-bond donors (Lipinski definition) is 1. The molecule has 0 amide bonds. The molecule has 1 saturated heterocycles. The van der Waals surface area contributed by atoms with Crippen molar-refractivity contribution >= 4 is 5.97 Å². The van der Waals surface area contributed by atoms with Gasteiger partial charge in [0.25, 0.3) is 0 Å². The minimum absolute atomic E-state index is 0.0401. The standard InChI is InChI=1S/C14H17F2NO2/c1-8-3-4-17(13(8)14(18)19)9(2)10-5-11(15)7-12(16)6-10/h5-9,13H,3-4H2,1-2H3,(H,18,19). The molecule has 0 aliphatic carbocycles. The highest BCUT2D eigenvalue weighted by Crippen LogP contribution is 2.33. The molecule has 1 fully saturated rings. The number of hydrogen-bond acceptors (Lipinski definition) is 2. The van der Waals surface area contributed by atoms with E-state index in [1.54, 1.807) is 11.8 Å². The Morgan fingerprint density at radius 3 is 2.47 bits per heavy atom. The van der Waals surface area contributed by atoms with Gasteiger partial charge in [0.05, 0.1) is 0 Å². The highest BCUT2D eigenvalue weighted by Gasteiger charge is 2.39. The van der Waals surface area contributed by atoms with Crippen LogP contribution in [0.4, 0.5) is 8.78 Å². The van der Waals surface area contributed by atoms with Gasteiger partial charge in [-0.05, 0) is 43.5 Å². The molecule has 5 heteroatoms. The molecule has 19 heavy (non-hydrogen) atoms. The Hall–Kier alpha value is -1.49. The van der Waals surface area contributed by atoms with Gasteiger partial charge in [-0.3, -0.25) is 9.69 Å². The van der Waals surface area contributed by atoms with Gasteiger partial charge in [-0.1, -0.05) is 6.92 Å². The van der Waals surface area contributed by atoms with Crippen molar-refractivity contribution in [3.8, 4) is 0 Å². The number of carbonyl (C=O) groups is 1. The van der Waals surface area contributed by atoms with Gasteiger partial charge in [-0.2, -0.15) is 0 Å². The first-order chi connectivity index (χ1) is 8.90. The third-order valence-electron chi connectivity index (χ3n) is 3.86. The molecule has 1 aliphatic heterocycles. The van der Waals surface area contributed by atoms with Crippen molar-refractivity contribution in [2.24, 2.45) is 5.92 Å². The fourth-order valence-corrected chi connectivity index (χ4v) is 2.80. The topological polar surface area (TPSA) is 40.5 Å². The van der Waals surface area contributed by atoms with Gasteiger partial charge in [-0.25, -0.2) is 8.78 Å². The summed E-state index contributed by atoms with van der Waals surface area (Å²) in [6.45, 7) is 4.29. The molecule has 1 aromatic carbocycles. The molecule has 1 N–H and O–H groups in total. The fourth-order valence-electron chi connectivity index (χ4n) is 2.80. The zero-order valence-corrected chi connectivity index (χ0v) is 10.9. The van der Waals surface area contributed by atoms with Crippen molar-refractivity contribution in [2.45, 2.75) is 32.4 Å². The van der Waals surface area contributed by atoms with Crippen molar-refractivity contribution in [3.63, 3.8) is 0 Å². The molecule has 3 atom stereocenters. The molecular formula is C14H17F2NO2. The van der Waals surface area contributed by atoms with Crippen LogP contribution in [0.1, 0.15) is 31.9 Å². The quantitative estimate of drug-likeness (QED) is 0.917. The Kier molecular flexibility index (Phi) is 3.85. The second-order valence-corrected chi connectivity index (χ2v) is 5.17. The number of benzene rings is 1. The van der Waals surface area contributed by atoms with Gasteiger partial charge in [-0.15, -0.1) is 0 Å². The van der Waals surface area contributed by atoms with E-state index in [0.717, 1.165) is 12.5 Å². The van der Waals surface area contributed by atoms with Crippen LogP contribution in [-0.2, 0) is 4.79 Å². The van der Waals surface area contributed by atoms with Gasteiger partial charge in [0.2, 0.25) is 0 Å². The monoisotopic (exact) mass is 269 g/mol. The molecule has 104 valence electrons. The summed E-state index contributed by atoms with van der Waals surface area (Å²) in [6, 6.07) is 2.42. The van der Waals surface area contributed by atoms with Crippen LogP contribution in [0.25, 0.3) is 0 Å². The lowest BCUT2D eigenvalue weighted by Crippen LogP contribution is -2.40. The number of likely N-dealkylation sites (tertiary alicyclic amines) is 1. The second-order valence-electron chi connectivity index (χ2n) is 5.17. The predicted molar refractivity (Wildman–Crippen MR) is 66.7 cm³/mol. The number of nitrogens with zero attached hydrogens (tertiary/aromatic N) is 1. The van der Waals surface area contributed by atoms with Crippen LogP contribution in [-0.4, -0.2) is 28.6 Å². The summed E-state index contributed by atoms with van der Waals surface area (Å²) in [4.78, 5) is 13.1. The van der Waals surface area contributed by atoms with Crippen molar-refractivity contribution in [2.75, 3.05) is 6.54 Å². The Morgan fingerprint density at radius 2 is 1.95 bits per heavy atom. The molecule has 2 rings (SSSR count). The summed E-state index contributed by atoms with van der Waals surface area (Å²) in [5.41, 5.74) is 0.470. The minimum Gasteiger partial charge on any atom is -0.480 e. The van der Waals surface area contributed by atoms with Gasteiger partial charge in [0.1, 0.15) is 17.7 Å². The van der Waals surface area contributed by atoms with E-state index in [9.17, 15) is 18.7 Å². The van der Waals surface area contributed by atoms with Gasteiger partial charge < -0.3 is 5.11 Å². The third kappa shape index (κ3) is 2.76. The highest BCUT2D eigenvalue weighted by molar-refractivity contribution is 5.74. The number of halogens is 2. The largest absolute Gasteiger partial charge is 0.480 e. The molecule has 3 nitrogen and oxygen atoms in total. The molecular weight excluding hydrogens is 252 g/mol. The molecule has 0 aromatic heterocycles. The smallest absolute Gasteiger partial charge is 0.321 e. The van der Waals surface area contributed by atoms with E-state index in [0.29, 0.717) is 12.1 Å². The fraction of sp³-hybridized carbons (Fsp3) is 0.500. The first kappa shape index (κ1) is 13.9. The molecule has 1 aromatic rings. The first-order valence-corrected chi connectivity index (χ1v) is 6.34. The molecule has 1 aliphatic rings. The van der Waals surface area contributed by atoms with Gasteiger partial charge in [0, 0.05) is 12.1 Å². The average molecular weight is 269 g/mol. The Labute approximate surface area is 110 Å². The second kappa shape index (κ2) is 5.25. The van der Waals surface area contributed by atoms with E-state index in [4.69, 9.17) is 0 Å². The maximum atomic E-state index is 13.2. The Balaban J connectivity index is 2.28. The van der Waals surface area contributed by atoms with E-state index in [-0.39, 0.29) is 12.0 Å².